The standard InChI is InChI=1S/C11H10BrNOS/c1-8-3-2-4-9(5-8)14-6-11-13-10(12)7-15-11/h2-5,7H,6H2,1H3. The van der Waals surface area contributed by atoms with E-state index in [1.807, 2.05) is 36.6 Å². The van der Waals surface area contributed by atoms with Crippen LogP contribution in [0.25, 0.3) is 0 Å². The topological polar surface area (TPSA) is 22.1 Å². The Morgan fingerprint density at radius 1 is 1.47 bits per heavy atom. The zero-order valence-corrected chi connectivity index (χ0v) is 10.6. The first-order valence-electron chi connectivity index (χ1n) is 4.53. The molecule has 0 bridgehead atoms. The summed E-state index contributed by atoms with van der Waals surface area (Å²) in [6.07, 6.45) is 0. The fraction of sp³-hybridized carbons (Fsp3) is 0.182. The third-order valence-electron chi connectivity index (χ3n) is 1.88. The van der Waals surface area contributed by atoms with Gasteiger partial charge >= 0.3 is 0 Å². The molecule has 0 atom stereocenters. The predicted octanol–water partition coefficient (Wildman–Crippen LogP) is 3.79. The minimum atomic E-state index is 0.528. The Balaban J connectivity index is 1.99. The van der Waals surface area contributed by atoms with Crippen LogP contribution in [0.1, 0.15) is 10.6 Å². The summed E-state index contributed by atoms with van der Waals surface area (Å²) in [7, 11) is 0. The maximum Gasteiger partial charge on any atom is 0.140 e. The van der Waals surface area contributed by atoms with Crippen LogP contribution in [0.3, 0.4) is 0 Å². The summed E-state index contributed by atoms with van der Waals surface area (Å²) >= 11 is 4.90. The molecule has 4 heteroatoms. The van der Waals surface area contributed by atoms with Gasteiger partial charge in [-0.1, -0.05) is 12.1 Å². The van der Waals surface area contributed by atoms with Gasteiger partial charge in [-0.2, -0.15) is 0 Å². The molecule has 1 aromatic heterocycles. The number of nitrogens with zero attached hydrogens (tertiary/aromatic N) is 1. The highest BCUT2D eigenvalue weighted by Crippen LogP contribution is 2.18. The first kappa shape index (κ1) is 10.6. The van der Waals surface area contributed by atoms with Crippen LogP contribution in [0.15, 0.2) is 34.2 Å². The van der Waals surface area contributed by atoms with E-state index in [0.29, 0.717) is 6.61 Å². The van der Waals surface area contributed by atoms with Crippen molar-refractivity contribution >= 4 is 27.3 Å². The largest absolute Gasteiger partial charge is 0.486 e. The van der Waals surface area contributed by atoms with E-state index in [-0.39, 0.29) is 0 Å². The second-order valence-corrected chi connectivity index (χ2v) is 4.92. The molecule has 0 unspecified atom stereocenters. The number of halogens is 1. The lowest BCUT2D eigenvalue weighted by molar-refractivity contribution is 0.305. The predicted molar refractivity (Wildman–Crippen MR) is 65.3 cm³/mol. The van der Waals surface area contributed by atoms with Gasteiger partial charge in [0.15, 0.2) is 0 Å². The minimum absolute atomic E-state index is 0.528. The van der Waals surface area contributed by atoms with Crippen molar-refractivity contribution in [1.29, 1.82) is 0 Å². The van der Waals surface area contributed by atoms with Crippen LogP contribution in [0.5, 0.6) is 5.75 Å². The molecule has 15 heavy (non-hydrogen) atoms. The van der Waals surface area contributed by atoms with Crippen molar-refractivity contribution in [2.24, 2.45) is 0 Å². The number of benzene rings is 1. The van der Waals surface area contributed by atoms with E-state index < -0.39 is 0 Å². The van der Waals surface area contributed by atoms with Crippen LogP contribution < -0.4 is 4.74 Å². The van der Waals surface area contributed by atoms with Crippen molar-refractivity contribution in [2.45, 2.75) is 13.5 Å². The second-order valence-electron chi connectivity index (χ2n) is 3.17. The normalized spacial score (nSPS) is 10.3. The van der Waals surface area contributed by atoms with Crippen LogP contribution in [0, 0.1) is 6.92 Å². The highest BCUT2D eigenvalue weighted by Gasteiger charge is 2.00. The molecule has 0 fully saturated rings. The Kier molecular flexibility index (Phi) is 3.38. The Labute approximate surface area is 101 Å². The van der Waals surface area contributed by atoms with E-state index in [9.17, 15) is 0 Å². The fourth-order valence-corrected chi connectivity index (χ4v) is 2.38. The molecule has 0 spiro atoms. The number of hydrogen-bond acceptors (Lipinski definition) is 3. The van der Waals surface area contributed by atoms with Gasteiger partial charge in [0.05, 0.1) is 0 Å². The minimum Gasteiger partial charge on any atom is -0.486 e. The van der Waals surface area contributed by atoms with Crippen molar-refractivity contribution in [3.8, 4) is 5.75 Å². The Bertz CT molecular complexity index is 455. The maximum absolute atomic E-state index is 5.61. The first-order chi connectivity index (χ1) is 7.24. The molecule has 2 aromatic rings. The van der Waals surface area contributed by atoms with E-state index in [1.165, 1.54) is 5.56 Å². The number of aryl methyl sites for hydroxylation is 1. The van der Waals surface area contributed by atoms with Crippen molar-refractivity contribution in [3.63, 3.8) is 0 Å². The molecule has 0 aliphatic heterocycles. The highest BCUT2D eigenvalue weighted by atomic mass is 79.9. The third-order valence-corrected chi connectivity index (χ3v) is 3.41. The zero-order valence-electron chi connectivity index (χ0n) is 8.24. The number of rotatable bonds is 3. The summed E-state index contributed by atoms with van der Waals surface area (Å²) in [5, 5.41) is 2.93. The molecular weight excluding hydrogens is 274 g/mol. The third kappa shape index (κ3) is 3.04. The van der Waals surface area contributed by atoms with E-state index in [1.54, 1.807) is 11.3 Å². The molecule has 0 saturated heterocycles. The monoisotopic (exact) mass is 283 g/mol. The Morgan fingerprint density at radius 2 is 2.33 bits per heavy atom. The number of ether oxygens (including phenoxy) is 1. The van der Waals surface area contributed by atoms with Gasteiger partial charge in [-0.3, -0.25) is 0 Å². The average Bonchev–Trinajstić information content (AvgIpc) is 2.62. The molecule has 0 radical (unpaired) electrons. The molecule has 1 aromatic carbocycles. The number of thiazole rings is 1. The van der Waals surface area contributed by atoms with E-state index in [2.05, 4.69) is 20.9 Å². The van der Waals surface area contributed by atoms with Crippen LogP contribution in [0.4, 0.5) is 0 Å². The lowest BCUT2D eigenvalue weighted by atomic mass is 10.2. The molecule has 0 N–H and O–H groups in total. The van der Waals surface area contributed by atoms with Crippen LogP contribution in [0.2, 0.25) is 0 Å². The van der Waals surface area contributed by atoms with Crippen molar-refractivity contribution in [1.82, 2.24) is 4.98 Å². The SMILES string of the molecule is Cc1cccc(OCc2nc(Br)cs2)c1. The molecule has 0 aliphatic carbocycles. The summed E-state index contributed by atoms with van der Waals surface area (Å²) < 4.78 is 6.48. The highest BCUT2D eigenvalue weighted by molar-refractivity contribution is 9.10. The first-order valence-corrected chi connectivity index (χ1v) is 6.21. The molecule has 1 heterocycles. The van der Waals surface area contributed by atoms with Gasteiger partial charge in [0, 0.05) is 5.38 Å². The van der Waals surface area contributed by atoms with Gasteiger partial charge in [0.2, 0.25) is 0 Å². The van der Waals surface area contributed by atoms with Gasteiger partial charge < -0.3 is 4.74 Å². The van der Waals surface area contributed by atoms with Gasteiger partial charge in [0.25, 0.3) is 0 Å². The number of hydrogen-bond donors (Lipinski definition) is 0. The Hall–Kier alpha value is -0.870. The summed E-state index contributed by atoms with van der Waals surface area (Å²) in [4.78, 5) is 4.26. The molecular formula is C11H10BrNOS. The molecule has 0 saturated carbocycles. The Morgan fingerprint density at radius 3 is 3.00 bits per heavy atom. The maximum atomic E-state index is 5.61. The van der Waals surface area contributed by atoms with Crippen molar-refractivity contribution in [2.75, 3.05) is 0 Å². The van der Waals surface area contributed by atoms with E-state index in [4.69, 9.17) is 4.74 Å². The van der Waals surface area contributed by atoms with Gasteiger partial charge in [-0.05, 0) is 40.5 Å². The average molecular weight is 284 g/mol. The fourth-order valence-electron chi connectivity index (χ4n) is 1.20. The smallest absolute Gasteiger partial charge is 0.140 e. The van der Waals surface area contributed by atoms with Crippen LogP contribution >= 0.6 is 27.3 Å². The quantitative estimate of drug-likeness (QED) is 0.855. The van der Waals surface area contributed by atoms with E-state index in [0.717, 1.165) is 15.4 Å². The zero-order chi connectivity index (χ0) is 10.7. The number of aromatic nitrogens is 1. The summed E-state index contributed by atoms with van der Waals surface area (Å²) in [5.41, 5.74) is 1.20. The van der Waals surface area contributed by atoms with Gasteiger partial charge in [0.1, 0.15) is 22.0 Å². The molecule has 0 aliphatic rings. The van der Waals surface area contributed by atoms with Gasteiger partial charge in [-0.25, -0.2) is 4.98 Å². The molecule has 78 valence electrons. The van der Waals surface area contributed by atoms with E-state index >= 15 is 0 Å². The lowest BCUT2D eigenvalue weighted by Crippen LogP contribution is -1.94. The second kappa shape index (κ2) is 4.77. The van der Waals surface area contributed by atoms with Crippen LogP contribution in [-0.2, 0) is 6.61 Å². The molecule has 2 nitrogen and oxygen atoms in total. The summed E-state index contributed by atoms with van der Waals surface area (Å²) in [6, 6.07) is 8.01. The lowest BCUT2D eigenvalue weighted by Gasteiger charge is -2.04. The van der Waals surface area contributed by atoms with Crippen molar-refractivity contribution < 1.29 is 4.74 Å². The molecule has 0 amide bonds. The summed E-state index contributed by atoms with van der Waals surface area (Å²) in [6.45, 7) is 2.58. The van der Waals surface area contributed by atoms with Crippen molar-refractivity contribution in [3.05, 3.63) is 44.8 Å². The van der Waals surface area contributed by atoms with Gasteiger partial charge in [-0.15, -0.1) is 11.3 Å². The van der Waals surface area contributed by atoms with Crippen LogP contribution in [-0.4, -0.2) is 4.98 Å². The molecule has 2 rings (SSSR count). The summed E-state index contributed by atoms with van der Waals surface area (Å²) in [5.74, 6) is 0.890.